The van der Waals surface area contributed by atoms with Crippen LogP contribution in [0.2, 0.25) is 0 Å². The molecule has 0 aromatic carbocycles. The molecule has 8 heteroatoms. The fourth-order valence-electron chi connectivity index (χ4n) is 0.490. The Morgan fingerprint density at radius 2 is 1.57 bits per heavy atom. The van der Waals surface area contributed by atoms with E-state index in [1.807, 2.05) is 0 Å². The van der Waals surface area contributed by atoms with Crippen LogP contribution in [0.4, 0.5) is 0 Å². The molecule has 3 amide bonds. The number of hydrogen-bond acceptors (Lipinski definition) is 3. The molecule has 0 rings (SSSR count). The SMILES string of the molecule is [NH-]CC(=O)NCC(=O)NCC(N)=O.[V]. The summed E-state index contributed by atoms with van der Waals surface area (Å²) >= 11 is 0. The Hall–Kier alpha value is -1.05. The van der Waals surface area contributed by atoms with E-state index in [0.717, 1.165) is 0 Å². The second-order valence-corrected chi connectivity index (χ2v) is 2.20. The number of carbonyl (C=O) groups excluding carboxylic acids is 3. The summed E-state index contributed by atoms with van der Waals surface area (Å²) in [4.78, 5) is 31.4. The molecule has 0 fully saturated rings. The summed E-state index contributed by atoms with van der Waals surface area (Å²) in [5.74, 6) is -1.71. The van der Waals surface area contributed by atoms with Gasteiger partial charge in [0.2, 0.25) is 11.8 Å². The van der Waals surface area contributed by atoms with Crippen molar-refractivity contribution in [1.82, 2.24) is 10.6 Å². The van der Waals surface area contributed by atoms with Crippen molar-refractivity contribution in [3.63, 3.8) is 0 Å². The fourth-order valence-corrected chi connectivity index (χ4v) is 0.490. The number of amides is 3. The van der Waals surface area contributed by atoms with E-state index >= 15 is 0 Å². The molecule has 0 saturated heterocycles. The Morgan fingerprint density at radius 1 is 1.07 bits per heavy atom. The molecule has 0 aliphatic rings. The van der Waals surface area contributed by atoms with Crippen molar-refractivity contribution in [2.45, 2.75) is 0 Å². The molecule has 0 aliphatic carbocycles. The predicted molar refractivity (Wildman–Crippen MR) is 44.4 cm³/mol. The summed E-state index contributed by atoms with van der Waals surface area (Å²) in [7, 11) is 0. The Balaban J connectivity index is 0. The van der Waals surface area contributed by atoms with Crippen LogP contribution < -0.4 is 16.4 Å². The molecule has 0 aromatic heterocycles. The van der Waals surface area contributed by atoms with Gasteiger partial charge in [-0.15, -0.1) is 0 Å². The summed E-state index contributed by atoms with van der Waals surface area (Å²) in [6, 6.07) is 0. The molecule has 0 unspecified atom stereocenters. The topological polar surface area (TPSA) is 125 Å². The van der Waals surface area contributed by atoms with Crippen molar-refractivity contribution in [1.29, 1.82) is 0 Å². The van der Waals surface area contributed by atoms with E-state index in [9.17, 15) is 14.4 Å². The maximum Gasteiger partial charge on any atom is 0.239 e. The van der Waals surface area contributed by atoms with Crippen molar-refractivity contribution in [3.8, 4) is 0 Å². The first-order chi connectivity index (χ1) is 6.06. The zero-order chi connectivity index (χ0) is 10.3. The van der Waals surface area contributed by atoms with Gasteiger partial charge in [0.25, 0.3) is 0 Å². The van der Waals surface area contributed by atoms with Crippen molar-refractivity contribution in [2.75, 3.05) is 19.6 Å². The van der Waals surface area contributed by atoms with E-state index in [2.05, 4.69) is 10.6 Å². The summed E-state index contributed by atoms with van der Waals surface area (Å²) in [6.45, 7) is -0.927. The van der Waals surface area contributed by atoms with Gasteiger partial charge in [0.15, 0.2) is 5.91 Å². The molecule has 5 N–H and O–H groups in total. The van der Waals surface area contributed by atoms with E-state index in [0.29, 0.717) is 0 Å². The van der Waals surface area contributed by atoms with Gasteiger partial charge in [0.05, 0.1) is 13.1 Å². The zero-order valence-corrected chi connectivity index (χ0v) is 8.77. The summed E-state index contributed by atoms with van der Waals surface area (Å²) < 4.78 is 0. The first-order valence-electron chi connectivity index (χ1n) is 3.52. The standard InChI is InChI=1S/C6H11N4O3.V/c7-1-5(12)10-3-6(13)9-2-4(8)11;/h7H,1-3H2,(H2,8,11)(H,9,13)(H,10,12);/q-1;. The molecule has 0 heterocycles. The van der Waals surface area contributed by atoms with Gasteiger partial charge >= 0.3 is 0 Å². The normalized spacial score (nSPS) is 8.36. The fraction of sp³-hybridized carbons (Fsp3) is 0.500. The Bertz CT molecular complexity index is 221. The molecular formula is C6H11N4O3V-. The van der Waals surface area contributed by atoms with Gasteiger partial charge in [-0.2, -0.15) is 0 Å². The first-order valence-corrected chi connectivity index (χ1v) is 3.52. The van der Waals surface area contributed by atoms with E-state index < -0.39 is 24.3 Å². The summed E-state index contributed by atoms with van der Waals surface area (Å²) in [5, 5.41) is 4.34. The molecule has 79 valence electrons. The Morgan fingerprint density at radius 3 is 2.00 bits per heavy atom. The van der Waals surface area contributed by atoms with Crippen molar-refractivity contribution >= 4 is 17.7 Å². The molecule has 14 heavy (non-hydrogen) atoms. The van der Waals surface area contributed by atoms with Crippen LogP contribution in [0.1, 0.15) is 0 Å². The predicted octanol–water partition coefficient (Wildman–Crippen LogP) is -2.25. The third-order valence-corrected chi connectivity index (χ3v) is 1.07. The van der Waals surface area contributed by atoms with Crippen molar-refractivity contribution in [2.24, 2.45) is 5.73 Å². The summed E-state index contributed by atoms with van der Waals surface area (Å²) in [5.41, 5.74) is 11.4. The molecule has 0 bridgehead atoms. The molecule has 0 spiro atoms. The van der Waals surface area contributed by atoms with E-state index in [1.54, 1.807) is 0 Å². The van der Waals surface area contributed by atoms with Gasteiger partial charge in [0.1, 0.15) is 0 Å². The Labute approximate surface area is 92.8 Å². The average molecular weight is 238 g/mol. The van der Waals surface area contributed by atoms with Crippen LogP contribution in [-0.4, -0.2) is 37.4 Å². The molecule has 0 atom stereocenters. The average Bonchev–Trinajstić information content (AvgIpc) is 2.10. The van der Waals surface area contributed by atoms with Crippen LogP contribution in [0.3, 0.4) is 0 Å². The first kappa shape index (κ1) is 15.4. The number of rotatable bonds is 5. The van der Waals surface area contributed by atoms with Gasteiger partial charge in [-0.25, -0.2) is 0 Å². The zero-order valence-electron chi connectivity index (χ0n) is 7.37. The number of nitrogens with one attached hydrogen (secondary N) is 3. The smallest absolute Gasteiger partial charge is 0.239 e. The molecule has 0 aliphatic heterocycles. The molecular weight excluding hydrogens is 227 g/mol. The van der Waals surface area contributed by atoms with Crippen LogP contribution in [0, 0.1) is 0 Å². The molecule has 0 saturated carbocycles. The van der Waals surface area contributed by atoms with Crippen LogP contribution in [0.15, 0.2) is 0 Å². The quantitative estimate of drug-likeness (QED) is 0.501. The molecule has 0 aromatic rings. The number of carbonyl (C=O) groups is 3. The van der Waals surface area contributed by atoms with E-state index in [1.165, 1.54) is 0 Å². The molecule has 7 nitrogen and oxygen atoms in total. The van der Waals surface area contributed by atoms with Gasteiger partial charge in [0, 0.05) is 18.6 Å². The maximum absolute atomic E-state index is 10.8. The minimum Gasteiger partial charge on any atom is -0.670 e. The minimum atomic E-state index is -0.653. The van der Waals surface area contributed by atoms with Gasteiger partial charge in [-0.3, -0.25) is 14.4 Å². The van der Waals surface area contributed by atoms with Crippen LogP contribution in [0.25, 0.3) is 5.73 Å². The van der Waals surface area contributed by atoms with Crippen LogP contribution >= 0.6 is 0 Å². The van der Waals surface area contributed by atoms with Gasteiger partial charge in [-0.1, -0.05) is 6.54 Å². The van der Waals surface area contributed by atoms with Gasteiger partial charge < -0.3 is 22.1 Å². The van der Waals surface area contributed by atoms with Crippen molar-refractivity contribution < 1.29 is 32.9 Å². The van der Waals surface area contributed by atoms with Crippen LogP contribution in [0.5, 0.6) is 0 Å². The Kier molecular flexibility index (Phi) is 9.42. The number of primary amides is 1. The third kappa shape index (κ3) is 9.05. The summed E-state index contributed by atoms with van der Waals surface area (Å²) in [6.07, 6.45) is 0. The molecule has 1 radical (unpaired) electrons. The minimum absolute atomic E-state index is 0. The number of nitrogens with two attached hydrogens (primary N) is 1. The monoisotopic (exact) mass is 238 g/mol. The third-order valence-electron chi connectivity index (χ3n) is 1.07. The van der Waals surface area contributed by atoms with E-state index in [-0.39, 0.29) is 31.6 Å². The van der Waals surface area contributed by atoms with Gasteiger partial charge in [-0.05, 0) is 0 Å². The van der Waals surface area contributed by atoms with Crippen molar-refractivity contribution in [3.05, 3.63) is 5.73 Å². The largest absolute Gasteiger partial charge is 0.670 e. The van der Waals surface area contributed by atoms with Crippen LogP contribution in [-0.2, 0) is 32.9 Å². The maximum atomic E-state index is 10.8. The second kappa shape index (κ2) is 8.55. The second-order valence-electron chi connectivity index (χ2n) is 2.20. The number of hydrogen-bond donors (Lipinski definition) is 3. The van der Waals surface area contributed by atoms with E-state index in [4.69, 9.17) is 11.5 Å².